The molecule has 1 N–H and O–H groups in total. The highest BCUT2D eigenvalue weighted by Gasteiger charge is 2.16. The monoisotopic (exact) mass is 602 g/mol. The van der Waals surface area contributed by atoms with Crippen molar-refractivity contribution >= 4 is 28.7 Å². The largest absolute Gasteiger partial charge is 0.492 e. The van der Waals surface area contributed by atoms with Crippen molar-refractivity contribution < 1.29 is 13.9 Å². The van der Waals surface area contributed by atoms with E-state index in [1.165, 1.54) is 70.6 Å². The maximum Gasteiger partial charge on any atom is 0.263 e. The van der Waals surface area contributed by atoms with Crippen LogP contribution in [0.5, 0.6) is 5.75 Å². The van der Waals surface area contributed by atoms with Crippen LogP contribution in [0, 0.1) is 0 Å². The van der Waals surface area contributed by atoms with E-state index >= 15 is 0 Å². The van der Waals surface area contributed by atoms with Crippen molar-refractivity contribution in [3.8, 4) is 5.75 Å². The molecule has 2 heterocycles. The number of aromatic nitrogens is 2. The third kappa shape index (κ3) is 10.4. The number of hydrogen-bond acceptors (Lipinski definition) is 2. The zero-order valence-electron chi connectivity index (χ0n) is 26.1. The van der Waals surface area contributed by atoms with Crippen molar-refractivity contribution in [1.82, 2.24) is 4.98 Å². The minimum absolute atomic E-state index is 0.0136. The van der Waals surface area contributed by atoms with Crippen LogP contribution in [0.1, 0.15) is 108 Å². The number of carbonyl (C=O) groups excluding carboxylic acids is 1. The van der Waals surface area contributed by atoms with E-state index in [-0.39, 0.29) is 5.91 Å². The van der Waals surface area contributed by atoms with E-state index in [1.54, 1.807) is 11.8 Å². The van der Waals surface area contributed by atoms with Crippen LogP contribution in [0.3, 0.4) is 0 Å². The summed E-state index contributed by atoms with van der Waals surface area (Å²) in [6, 6.07) is 20.2. The third-order valence-electron chi connectivity index (χ3n) is 8.14. The van der Waals surface area contributed by atoms with E-state index in [0.717, 1.165) is 41.0 Å². The van der Waals surface area contributed by atoms with Crippen molar-refractivity contribution in [3.05, 3.63) is 95.0 Å². The lowest BCUT2D eigenvalue weighted by Gasteiger charge is -2.22. The molecular formula is C37H49ClN3O2+. The minimum atomic E-state index is -0.0136. The number of imidazole rings is 1. The van der Waals surface area contributed by atoms with Crippen molar-refractivity contribution in [2.24, 2.45) is 0 Å². The molecule has 0 unspecified atom stereocenters. The second-order valence-electron chi connectivity index (χ2n) is 11.7. The highest BCUT2D eigenvalue weighted by molar-refractivity contribution is 6.32. The first-order valence-corrected chi connectivity index (χ1v) is 16.7. The predicted molar refractivity (Wildman–Crippen MR) is 178 cm³/mol. The van der Waals surface area contributed by atoms with Gasteiger partial charge in [-0.3, -0.25) is 4.79 Å². The summed E-state index contributed by atoms with van der Waals surface area (Å²) >= 11 is 6.61. The summed E-state index contributed by atoms with van der Waals surface area (Å²) < 4.78 is 8.15. The summed E-state index contributed by atoms with van der Waals surface area (Å²) in [5, 5.41) is 0.587. The van der Waals surface area contributed by atoms with Crippen LogP contribution < -0.4 is 14.0 Å². The van der Waals surface area contributed by atoms with Gasteiger partial charge in [-0.15, -0.1) is 0 Å². The van der Waals surface area contributed by atoms with E-state index in [9.17, 15) is 4.79 Å². The number of amides is 1. The number of unbranched alkanes of at least 4 members (excludes halogenated alkanes) is 11. The molecular weight excluding hydrogens is 554 g/mol. The topological polar surface area (TPSA) is 49.4 Å². The molecule has 0 fully saturated rings. The van der Waals surface area contributed by atoms with Gasteiger partial charge >= 0.3 is 0 Å². The molecule has 6 heteroatoms. The molecule has 0 atom stereocenters. The van der Waals surface area contributed by atoms with Gasteiger partial charge in [-0.25, -0.2) is 4.98 Å². The molecule has 0 spiro atoms. The fourth-order valence-corrected chi connectivity index (χ4v) is 5.92. The van der Waals surface area contributed by atoms with Gasteiger partial charge in [0.2, 0.25) is 5.91 Å². The number of nitrogens with one attached hydrogen (secondary N) is 1. The van der Waals surface area contributed by atoms with E-state index in [1.807, 2.05) is 48.7 Å². The average Bonchev–Trinajstić information content (AvgIpc) is 3.41. The Hall–Kier alpha value is -3.31. The lowest BCUT2D eigenvalue weighted by Crippen LogP contribution is -2.28. The number of rotatable bonds is 19. The van der Waals surface area contributed by atoms with Gasteiger partial charge in [0.1, 0.15) is 11.9 Å². The normalized spacial score (nSPS) is 11.2. The van der Waals surface area contributed by atoms with Crippen molar-refractivity contribution in [1.29, 1.82) is 0 Å². The number of aromatic amines is 1. The van der Waals surface area contributed by atoms with Gasteiger partial charge in [-0.2, -0.15) is 4.40 Å². The SMILES string of the molecule is CCCCCCCCCCCCCCOc1ccc(CN(C(C)=O)c2cccc(Cc3[nH]cc4cccc[n+]34)c2)cc1Cl. The number of hydrogen-bond donors (Lipinski definition) is 1. The van der Waals surface area contributed by atoms with Crippen LogP contribution in [0.4, 0.5) is 5.69 Å². The molecule has 2 aromatic heterocycles. The highest BCUT2D eigenvalue weighted by Crippen LogP contribution is 2.28. The summed E-state index contributed by atoms with van der Waals surface area (Å²) in [7, 11) is 0. The lowest BCUT2D eigenvalue weighted by atomic mass is 10.1. The molecule has 4 rings (SSSR count). The Morgan fingerprint density at radius 1 is 0.837 bits per heavy atom. The van der Waals surface area contributed by atoms with Gasteiger partial charge in [0.15, 0.2) is 5.52 Å². The molecule has 0 bridgehead atoms. The maximum atomic E-state index is 12.7. The van der Waals surface area contributed by atoms with Crippen LogP contribution in [-0.2, 0) is 17.8 Å². The van der Waals surface area contributed by atoms with Gasteiger partial charge in [0.05, 0.1) is 30.8 Å². The van der Waals surface area contributed by atoms with Gasteiger partial charge in [0, 0.05) is 12.6 Å². The second-order valence-corrected chi connectivity index (χ2v) is 12.1. The summed E-state index contributed by atoms with van der Waals surface area (Å²) in [6.07, 6.45) is 20.7. The second kappa shape index (κ2) is 17.7. The first-order valence-electron chi connectivity index (χ1n) is 16.3. The van der Waals surface area contributed by atoms with Gasteiger partial charge in [-0.05, 0) is 53.9 Å². The molecule has 0 aliphatic rings. The Bertz CT molecular complexity index is 1420. The summed E-state index contributed by atoms with van der Waals surface area (Å²) in [6.45, 7) is 5.00. The van der Waals surface area contributed by atoms with Crippen molar-refractivity contribution in [2.45, 2.75) is 104 Å². The van der Waals surface area contributed by atoms with Crippen LogP contribution in [0.2, 0.25) is 5.02 Å². The van der Waals surface area contributed by atoms with Crippen LogP contribution >= 0.6 is 11.6 Å². The van der Waals surface area contributed by atoms with Gasteiger partial charge in [0.25, 0.3) is 5.82 Å². The highest BCUT2D eigenvalue weighted by atomic mass is 35.5. The number of halogens is 1. The fourth-order valence-electron chi connectivity index (χ4n) is 5.66. The number of pyridine rings is 1. The van der Waals surface area contributed by atoms with Crippen molar-refractivity contribution in [3.63, 3.8) is 0 Å². The number of anilines is 1. The number of benzene rings is 2. The Labute approximate surface area is 263 Å². The zero-order valence-corrected chi connectivity index (χ0v) is 26.9. The van der Waals surface area contributed by atoms with Gasteiger partial charge in [-0.1, -0.05) is 113 Å². The number of fused-ring (bicyclic) bond motifs is 1. The van der Waals surface area contributed by atoms with Crippen molar-refractivity contribution in [2.75, 3.05) is 11.5 Å². The molecule has 43 heavy (non-hydrogen) atoms. The molecule has 2 aromatic carbocycles. The lowest BCUT2D eigenvalue weighted by molar-refractivity contribution is -0.520. The molecule has 0 saturated carbocycles. The minimum Gasteiger partial charge on any atom is -0.492 e. The number of ether oxygens (including phenoxy) is 1. The molecule has 5 nitrogen and oxygen atoms in total. The third-order valence-corrected chi connectivity index (χ3v) is 8.43. The van der Waals surface area contributed by atoms with E-state index in [4.69, 9.17) is 16.3 Å². The van der Waals surface area contributed by atoms with E-state index < -0.39 is 0 Å². The molecule has 230 valence electrons. The quantitative estimate of drug-likeness (QED) is 0.0858. The molecule has 0 saturated heterocycles. The molecule has 4 aromatic rings. The average molecular weight is 603 g/mol. The summed E-state index contributed by atoms with van der Waals surface area (Å²) in [4.78, 5) is 17.9. The van der Waals surface area contributed by atoms with Gasteiger partial charge < -0.3 is 9.64 Å². The number of carbonyl (C=O) groups is 1. The maximum absolute atomic E-state index is 12.7. The van der Waals surface area contributed by atoms with Crippen LogP contribution in [-0.4, -0.2) is 17.5 Å². The number of nitrogens with zero attached hydrogens (tertiary/aromatic N) is 2. The molecule has 0 aliphatic carbocycles. The molecule has 0 radical (unpaired) electrons. The summed E-state index contributed by atoms with van der Waals surface area (Å²) in [5.41, 5.74) is 4.09. The zero-order chi connectivity index (χ0) is 30.3. The first-order chi connectivity index (χ1) is 21.0. The molecule has 1 amide bonds. The Morgan fingerprint density at radius 3 is 2.26 bits per heavy atom. The predicted octanol–water partition coefficient (Wildman–Crippen LogP) is 9.63. The van der Waals surface area contributed by atoms with E-state index in [0.29, 0.717) is 23.9 Å². The Morgan fingerprint density at radius 2 is 1.56 bits per heavy atom. The summed E-state index contributed by atoms with van der Waals surface area (Å²) in [5.74, 6) is 1.79. The molecule has 0 aliphatic heterocycles. The van der Waals surface area contributed by atoms with Crippen LogP contribution in [0.15, 0.2) is 73.1 Å². The standard InChI is InChI=1S/C37H48ClN3O2/c1-3-4-5-6-7-8-9-10-11-12-13-16-24-43-36-22-21-32(26-35(36)38)29-41(30(2)42)33-20-17-18-31(25-33)27-37-39-28-34-19-14-15-23-40(34)37/h14-15,17-23,25-26,28H,3-13,16,24,27,29H2,1-2H3/p+1. The first kappa shape index (κ1) is 32.6. The van der Waals surface area contributed by atoms with E-state index in [2.05, 4.69) is 40.7 Å². The Kier molecular flexibility index (Phi) is 13.4. The number of H-pyrrole nitrogens is 1. The Balaban J connectivity index is 1.22. The smallest absolute Gasteiger partial charge is 0.263 e. The fraction of sp³-hybridized carbons (Fsp3) is 0.459. The van der Waals surface area contributed by atoms with Crippen LogP contribution in [0.25, 0.3) is 5.52 Å².